The van der Waals surface area contributed by atoms with Crippen LogP contribution in [-0.4, -0.2) is 226 Å². The Bertz CT molecular complexity index is 4430. The van der Waals surface area contributed by atoms with Crippen molar-refractivity contribution < 1.29 is 133 Å². The van der Waals surface area contributed by atoms with E-state index in [9.17, 15) is 45.8 Å². The van der Waals surface area contributed by atoms with E-state index in [4.69, 9.17) is 48.8 Å². The topological polar surface area (TPSA) is 377 Å². The Morgan fingerprint density at radius 3 is 1.17 bits per heavy atom. The number of benzene rings is 3. The SMILES string of the molecule is C.CC[C@H]1O[C@@H](n2cnc3c(NC(=O)c4ccccc4)ncnc32)[C@H](OC(F)(F)COC)[C@@H]1C.COCC(F)(F)O[C@@H]1[C@H](C)[C@@H](CO)O[C@H]1n1cnc2c(NC(=O)c3ccccc3)ncnc21.[C-]#[N+]CCOP(OC[C@H]1O[C@@H](n2cnc3c(NC(=O)c4ccccc4)ncnc32)[C@H](OC(F)(F)COC)[C@@H]1C)N(C(C)C)C(C)C.[Na+].[OH-]. The van der Waals surface area contributed by atoms with Gasteiger partial charge in [0, 0.05) is 67.9 Å². The van der Waals surface area contributed by atoms with E-state index in [1.54, 1.807) is 106 Å². The molecule has 13 atom stereocenters. The van der Waals surface area contributed by atoms with E-state index in [0.29, 0.717) is 34.3 Å². The van der Waals surface area contributed by atoms with Gasteiger partial charge in [-0.2, -0.15) is 26.3 Å². The number of hydrogen-bond acceptors (Lipinski definition) is 26. The predicted octanol–water partition coefficient (Wildman–Crippen LogP) is 8.87. The molecule has 0 radical (unpaired) electrons. The van der Waals surface area contributed by atoms with Crippen molar-refractivity contribution in [1.29, 1.82) is 0 Å². The van der Waals surface area contributed by atoms with Crippen molar-refractivity contribution in [3.8, 4) is 0 Å². The summed E-state index contributed by atoms with van der Waals surface area (Å²) in [6.07, 6.45) is -10.2. The van der Waals surface area contributed by atoms with Crippen LogP contribution in [0.3, 0.4) is 0 Å². The number of aromatic nitrogens is 12. The van der Waals surface area contributed by atoms with Crippen LogP contribution in [0.25, 0.3) is 38.3 Å². The molecule has 3 aromatic carbocycles. The molecule has 0 spiro atoms. The van der Waals surface area contributed by atoms with Crippen molar-refractivity contribution >= 4 is 77.2 Å². The number of amides is 3. The molecule has 9 heterocycles. The molecular weight excluding hydrogens is 1550 g/mol. The van der Waals surface area contributed by atoms with Gasteiger partial charge in [-0.25, -0.2) is 56.1 Å². The van der Waals surface area contributed by atoms with E-state index < -0.39 is 120 Å². The molecule has 3 aliphatic rings. The second-order valence-corrected chi connectivity index (χ2v) is 28.2. The van der Waals surface area contributed by atoms with Crippen LogP contribution in [0.1, 0.15) is 119 Å². The first-order valence-electron chi connectivity index (χ1n) is 35.7. The third kappa shape index (κ3) is 23.1. The van der Waals surface area contributed by atoms with Gasteiger partial charge < -0.3 is 83.1 Å². The number of imidazole rings is 3. The summed E-state index contributed by atoms with van der Waals surface area (Å²) in [5.41, 5.74) is 2.91. The minimum Gasteiger partial charge on any atom is -0.870 e. The molecule has 33 nitrogen and oxygen atoms in total. The summed E-state index contributed by atoms with van der Waals surface area (Å²) in [7, 11) is 1.90. The van der Waals surface area contributed by atoms with E-state index in [-0.39, 0.29) is 139 Å². The molecule has 3 amide bonds. The smallest absolute Gasteiger partial charge is 0.870 e. The van der Waals surface area contributed by atoms with Gasteiger partial charge in [0.15, 0.2) is 69.6 Å². The summed E-state index contributed by atoms with van der Waals surface area (Å²) in [4.78, 5) is 79.5. The van der Waals surface area contributed by atoms with E-state index in [1.165, 1.54) is 58.8 Å². The fraction of sp³-hybridized carbons (Fsp3) is 0.500. The molecule has 0 bridgehead atoms. The van der Waals surface area contributed by atoms with Crippen LogP contribution in [0.15, 0.2) is 129 Å². The number of aliphatic hydroxyl groups is 1. The van der Waals surface area contributed by atoms with Gasteiger partial charge in [-0.05, 0) is 70.5 Å². The van der Waals surface area contributed by atoms with Gasteiger partial charge in [0.1, 0.15) is 63.7 Å². The zero-order valence-corrected chi connectivity index (χ0v) is 67.3. The zero-order valence-electron chi connectivity index (χ0n) is 64.5. The molecule has 6 aromatic heterocycles. The molecular formula is C74H93F6N17NaO16P. The van der Waals surface area contributed by atoms with E-state index in [1.807, 2.05) is 40.7 Å². The first-order valence-corrected chi connectivity index (χ1v) is 36.8. The van der Waals surface area contributed by atoms with Gasteiger partial charge in [-0.3, -0.25) is 28.1 Å². The van der Waals surface area contributed by atoms with Crippen LogP contribution in [-0.2, 0) is 51.7 Å². The summed E-state index contributed by atoms with van der Waals surface area (Å²) in [5.74, 6) is -2.12. The Kier molecular flexibility index (Phi) is 34.8. The van der Waals surface area contributed by atoms with E-state index in [2.05, 4.69) is 79.8 Å². The maximum Gasteiger partial charge on any atom is 1.00 e. The van der Waals surface area contributed by atoms with Crippen molar-refractivity contribution in [1.82, 2.24) is 63.2 Å². The summed E-state index contributed by atoms with van der Waals surface area (Å²) in [6.45, 7) is 19.5. The third-order valence-corrected chi connectivity index (χ3v) is 20.3. The average Bonchev–Trinajstić information content (AvgIpc) is 1.62. The van der Waals surface area contributed by atoms with Crippen LogP contribution in [0.4, 0.5) is 43.8 Å². The van der Waals surface area contributed by atoms with Crippen molar-refractivity contribution in [2.24, 2.45) is 17.8 Å². The summed E-state index contributed by atoms with van der Waals surface area (Å²) in [6, 6.07) is 26.0. The molecule has 41 heteroatoms. The van der Waals surface area contributed by atoms with Gasteiger partial charge in [0.2, 0.25) is 6.54 Å². The number of alkyl halides is 6. The Balaban J connectivity index is 0.000000240. The van der Waals surface area contributed by atoms with Crippen molar-refractivity contribution in [3.63, 3.8) is 0 Å². The number of carbonyl (C=O) groups excluding carboxylic acids is 3. The maximum absolute atomic E-state index is 14.9. The molecule has 0 aliphatic carbocycles. The monoisotopic (exact) mass is 1640 g/mol. The second kappa shape index (κ2) is 42.7. The number of nitrogens with one attached hydrogen (secondary N) is 3. The fourth-order valence-corrected chi connectivity index (χ4v) is 14.5. The summed E-state index contributed by atoms with van der Waals surface area (Å²) >= 11 is 0. The maximum atomic E-state index is 14.9. The Morgan fingerprint density at radius 2 is 0.861 bits per heavy atom. The number of nitrogens with zero attached hydrogens (tertiary/aromatic N) is 14. The summed E-state index contributed by atoms with van der Waals surface area (Å²) in [5, 5.41) is 17.8. The third-order valence-electron chi connectivity index (χ3n) is 18.2. The number of carbonyl (C=O) groups is 3. The standard InChI is InChI=1S/C30H40F2N7O6P.C22H25F2N5O4.C21H23F2N5O5.CH4.Na.H2O/c1-19(2)39(20(3)4)46(42-14-13-33-6)43-15-23-21(5)25(45-30(31,32)16-41-7)29(44-23)38-18-36-24-26(34-17-35-27(24)38)37-28(40)22-11-9-8-10-12-22;1-4-15-13(2)17(33-22(23,24)10-31-3)21(32-15)29-12-27-16-18(25-11-26-19(16)29)28-20(30)14-8-6-5-7-9-14;1-12-14(8-29)32-20(16(12)33-21(22,23)9-31-2)28-11-26-15-17(24-10-25-18(15)28)27-19(30)13-6-4-3-5-7-13;;;/h8-12,17-21,23,25,29H,13-16H2,1-5,7H3,(H,34,35,37,40);5-9,11-13,15,17,21H,4,10H2,1-3H3,(H,25,26,28,30);3-7,10-12,14,16,20,29H,8-9H2,1-2H3,(H,24,25,27,30);1H4;;1H2/q;;;;+1;/p-1/t21-,23-,25-,29-,46?;13-,15-,17-,21-;12-,14-,16-,20-;;;/m111.../s1. The number of halogens is 6. The normalized spacial score (nSPS) is 21.7. The molecule has 3 saturated heterocycles. The number of anilines is 3. The van der Waals surface area contributed by atoms with Crippen LogP contribution in [0, 0.1) is 24.3 Å². The molecule has 9 aromatic rings. The van der Waals surface area contributed by atoms with E-state index in [0.717, 1.165) is 14.2 Å². The van der Waals surface area contributed by atoms with Crippen LogP contribution < -0.4 is 45.5 Å². The Morgan fingerprint density at radius 1 is 0.539 bits per heavy atom. The first kappa shape index (κ1) is 93.8. The van der Waals surface area contributed by atoms with Crippen molar-refractivity contribution in [2.75, 3.05) is 83.5 Å². The zero-order chi connectivity index (χ0) is 80.6. The number of methoxy groups -OCH3 is 3. The quantitative estimate of drug-likeness (QED) is 0.0100. The molecule has 115 heavy (non-hydrogen) atoms. The summed E-state index contributed by atoms with van der Waals surface area (Å²) < 4.78 is 153. The van der Waals surface area contributed by atoms with Crippen LogP contribution in [0.2, 0.25) is 0 Å². The Hall–Kier alpha value is -8.34. The minimum atomic E-state index is -3.62. The van der Waals surface area contributed by atoms with Crippen molar-refractivity contribution in [2.45, 2.75) is 155 Å². The molecule has 1 unspecified atom stereocenters. The van der Waals surface area contributed by atoms with Gasteiger partial charge >= 0.3 is 47.9 Å². The molecule has 0 saturated carbocycles. The minimum absolute atomic E-state index is 0. The fourth-order valence-electron chi connectivity index (χ4n) is 12.9. The number of fused-ring (bicyclic) bond motifs is 3. The first-order chi connectivity index (χ1) is 53.7. The molecule has 3 fully saturated rings. The van der Waals surface area contributed by atoms with Crippen LogP contribution >= 0.6 is 8.53 Å². The van der Waals surface area contributed by atoms with Gasteiger partial charge in [0.25, 0.3) is 26.2 Å². The molecule has 12 rings (SSSR count). The van der Waals surface area contributed by atoms with Gasteiger partial charge in [-0.15, -0.1) is 0 Å². The second-order valence-electron chi connectivity index (χ2n) is 26.7. The molecule has 618 valence electrons. The Labute approximate surface area is 682 Å². The average molecular weight is 1640 g/mol. The predicted molar refractivity (Wildman–Crippen MR) is 402 cm³/mol. The van der Waals surface area contributed by atoms with Crippen LogP contribution in [0.5, 0.6) is 0 Å². The van der Waals surface area contributed by atoms with Gasteiger partial charge in [-0.1, -0.05) is 89.7 Å². The van der Waals surface area contributed by atoms with E-state index >= 15 is 0 Å². The number of ether oxygens (including phenoxy) is 9. The number of rotatable bonds is 32. The number of aliphatic hydroxyl groups excluding tert-OH is 1. The number of hydrogen-bond donors (Lipinski definition) is 4. The van der Waals surface area contributed by atoms with Crippen molar-refractivity contribution in [3.05, 3.63) is 157 Å². The molecule has 3 aliphatic heterocycles. The largest absolute Gasteiger partial charge is 1.00 e. The van der Waals surface area contributed by atoms with Gasteiger partial charge in [0.05, 0.1) is 50.5 Å². The molecule has 5 N–H and O–H groups in total.